The molecule has 1 aliphatic carbocycles. The highest BCUT2D eigenvalue weighted by atomic mass is 35.5. The van der Waals surface area contributed by atoms with E-state index in [9.17, 15) is 4.79 Å². The van der Waals surface area contributed by atoms with Crippen molar-refractivity contribution in [2.45, 2.75) is 77.2 Å². The number of hydrogen-bond donors (Lipinski definition) is 0. The van der Waals surface area contributed by atoms with Crippen LogP contribution in [0.5, 0.6) is 5.88 Å². The van der Waals surface area contributed by atoms with Crippen molar-refractivity contribution in [1.29, 1.82) is 0 Å². The van der Waals surface area contributed by atoms with Crippen LogP contribution in [0, 0.1) is 0 Å². The predicted molar refractivity (Wildman–Crippen MR) is 138 cm³/mol. The Hall–Kier alpha value is -2.88. The number of ether oxygens (including phenoxy) is 2. The minimum absolute atomic E-state index is 0.0672. The SMILES string of the molecule is CC(C)(C)OC(=O)ON1Cc2cc(Cl)ccc2-n2c(nnc2[C@H]2CC[C@H](Oc3cccc(Cl)n3)CC2)C1. The van der Waals surface area contributed by atoms with Gasteiger partial charge in [0, 0.05) is 17.0 Å². The fourth-order valence-electron chi connectivity index (χ4n) is 4.77. The van der Waals surface area contributed by atoms with E-state index in [0.717, 1.165) is 42.8 Å². The van der Waals surface area contributed by atoms with Gasteiger partial charge in [-0.2, -0.15) is 0 Å². The molecule has 0 saturated heterocycles. The predicted octanol–water partition coefficient (Wildman–Crippen LogP) is 6.26. The van der Waals surface area contributed by atoms with Crippen LogP contribution in [-0.2, 0) is 22.7 Å². The third-order valence-electron chi connectivity index (χ3n) is 6.31. The van der Waals surface area contributed by atoms with Gasteiger partial charge in [0.05, 0.1) is 18.8 Å². The quantitative estimate of drug-likeness (QED) is 0.280. The molecular formula is C26H29Cl2N5O4. The number of pyridine rings is 1. The van der Waals surface area contributed by atoms with Crippen LogP contribution >= 0.6 is 23.2 Å². The summed E-state index contributed by atoms with van der Waals surface area (Å²) in [7, 11) is 0. The van der Waals surface area contributed by atoms with Crippen LogP contribution in [0.15, 0.2) is 36.4 Å². The molecular weight excluding hydrogens is 517 g/mol. The minimum Gasteiger partial charge on any atom is -0.474 e. The first-order chi connectivity index (χ1) is 17.6. The summed E-state index contributed by atoms with van der Waals surface area (Å²) in [5.74, 6) is 2.32. The van der Waals surface area contributed by atoms with E-state index in [1.54, 1.807) is 26.8 Å². The smallest absolute Gasteiger partial charge is 0.474 e. The van der Waals surface area contributed by atoms with Gasteiger partial charge in [0.15, 0.2) is 5.82 Å². The summed E-state index contributed by atoms with van der Waals surface area (Å²) in [5.41, 5.74) is 1.17. The molecule has 9 nitrogen and oxygen atoms in total. The fourth-order valence-corrected chi connectivity index (χ4v) is 5.12. The number of rotatable bonds is 4. The molecule has 0 N–H and O–H groups in total. The molecule has 1 fully saturated rings. The molecule has 196 valence electrons. The third kappa shape index (κ3) is 6.17. The van der Waals surface area contributed by atoms with E-state index in [1.807, 2.05) is 30.3 Å². The van der Waals surface area contributed by atoms with Crippen molar-refractivity contribution < 1.29 is 19.1 Å². The molecule has 1 aliphatic heterocycles. The Balaban J connectivity index is 1.35. The zero-order chi connectivity index (χ0) is 26.2. The lowest BCUT2D eigenvalue weighted by atomic mass is 9.86. The molecule has 0 spiro atoms. The molecule has 3 aromatic rings. The second-order valence-corrected chi connectivity index (χ2v) is 11.2. The van der Waals surface area contributed by atoms with Crippen LogP contribution in [0.4, 0.5) is 4.79 Å². The van der Waals surface area contributed by atoms with Crippen LogP contribution in [0.3, 0.4) is 0 Å². The van der Waals surface area contributed by atoms with Gasteiger partial charge >= 0.3 is 6.16 Å². The van der Waals surface area contributed by atoms with Gasteiger partial charge in [-0.1, -0.05) is 29.3 Å². The molecule has 5 rings (SSSR count). The highest BCUT2D eigenvalue weighted by molar-refractivity contribution is 6.30. The Labute approximate surface area is 225 Å². The first-order valence-corrected chi connectivity index (χ1v) is 13.1. The number of hydroxylamine groups is 2. The van der Waals surface area contributed by atoms with Crippen LogP contribution in [0.1, 0.15) is 69.6 Å². The normalized spacial score (nSPS) is 19.9. The Bertz CT molecular complexity index is 1280. The number of halogens is 2. The van der Waals surface area contributed by atoms with E-state index in [4.69, 9.17) is 37.5 Å². The van der Waals surface area contributed by atoms with E-state index >= 15 is 0 Å². The van der Waals surface area contributed by atoms with Gasteiger partial charge in [0.25, 0.3) is 0 Å². The van der Waals surface area contributed by atoms with Crippen molar-refractivity contribution in [2.75, 3.05) is 0 Å². The molecule has 2 aromatic heterocycles. The zero-order valence-corrected chi connectivity index (χ0v) is 22.5. The number of aromatic nitrogens is 4. The lowest BCUT2D eigenvalue weighted by Gasteiger charge is -2.28. The number of carbonyl (C=O) groups excluding carboxylic acids is 1. The second-order valence-electron chi connectivity index (χ2n) is 10.3. The summed E-state index contributed by atoms with van der Waals surface area (Å²) in [5, 5.41) is 11.6. The monoisotopic (exact) mass is 545 g/mol. The topological polar surface area (TPSA) is 91.6 Å². The van der Waals surface area contributed by atoms with Crippen LogP contribution < -0.4 is 4.74 Å². The zero-order valence-electron chi connectivity index (χ0n) is 21.0. The van der Waals surface area contributed by atoms with E-state index in [0.29, 0.717) is 28.4 Å². The van der Waals surface area contributed by atoms with E-state index in [2.05, 4.69) is 19.7 Å². The van der Waals surface area contributed by atoms with Gasteiger partial charge in [0.1, 0.15) is 22.7 Å². The largest absolute Gasteiger partial charge is 0.528 e. The lowest BCUT2D eigenvalue weighted by Crippen LogP contribution is -2.31. The van der Waals surface area contributed by atoms with Gasteiger partial charge < -0.3 is 14.3 Å². The van der Waals surface area contributed by atoms with Crippen molar-refractivity contribution in [2.24, 2.45) is 0 Å². The average molecular weight is 546 g/mol. The molecule has 2 aliphatic rings. The Kier molecular flexibility index (Phi) is 7.29. The van der Waals surface area contributed by atoms with Gasteiger partial charge in [-0.05, 0) is 76.3 Å². The number of benzene rings is 1. The summed E-state index contributed by atoms with van der Waals surface area (Å²) >= 11 is 12.3. The molecule has 0 unspecified atom stereocenters. The number of nitrogens with zero attached hydrogens (tertiary/aromatic N) is 5. The molecule has 1 aromatic carbocycles. The molecule has 1 saturated carbocycles. The minimum atomic E-state index is -0.767. The molecule has 0 atom stereocenters. The highest BCUT2D eigenvalue weighted by Gasteiger charge is 2.32. The molecule has 37 heavy (non-hydrogen) atoms. The molecule has 0 bridgehead atoms. The maximum absolute atomic E-state index is 12.4. The Morgan fingerprint density at radius 1 is 1.03 bits per heavy atom. The van der Waals surface area contributed by atoms with Gasteiger partial charge in [0.2, 0.25) is 5.88 Å². The third-order valence-corrected chi connectivity index (χ3v) is 6.76. The van der Waals surface area contributed by atoms with E-state index in [-0.39, 0.29) is 18.6 Å². The Morgan fingerprint density at radius 2 is 1.81 bits per heavy atom. The highest BCUT2D eigenvalue weighted by Crippen LogP contribution is 2.37. The molecule has 0 amide bonds. The van der Waals surface area contributed by atoms with E-state index < -0.39 is 11.8 Å². The summed E-state index contributed by atoms with van der Waals surface area (Å²) in [6.45, 7) is 5.97. The van der Waals surface area contributed by atoms with Crippen LogP contribution in [-0.4, -0.2) is 42.7 Å². The van der Waals surface area contributed by atoms with Crippen molar-refractivity contribution >= 4 is 29.4 Å². The van der Waals surface area contributed by atoms with Crippen molar-refractivity contribution in [3.8, 4) is 11.6 Å². The molecule has 0 radical (unpaired) electrons. The van der Waals surface area contributed by atoms with Gasteiger partial charge in [-0.15, -0.1) is 15.3 Å². The summed E-state index contributed by atoms with van der Waals surface area (Å²) in [6, 6.07) is 11.1. The average Bonchev–Trinajstić information content (AvgIpc) is 3.15. The van der Waals surface area contributed by atoms with Crippen molar-refractivity contribution in [1.82, 2.24) is 24.8 Å². The van der Waals surface area contributed by atoms with Crippen molar-refractivity contribution in [3.05, 3.63) is 63.8 Å². The summed E-state index contributed by atoms with van der Waals surface area (Å²) in [6.07, 6.45) is 2.81. The van der Waals surface area contributed by atoms with Crippen LogP contribution in [0.2, 0.25) is 10.2 Å². The number of hydrogen-bond acceptors (Lipinski definition) is 8. The maximum Gasteiger partial charge on any atom is 0.528 e. The van der Waals surface area contributed by atoms with Gasteiger partial charge in [-0.25, -0.2) is 9.78 Å². The fraction of sp³-hybridized carbons (Fsp3) is 0.462. The molecule has 11 heteroatoms. The van der Waals surface area contributed by atoms with E-state index in [1.165, 1.54) is 5.06 Å². The van der Waals surface area contributed by atoms with Crippen LogP contribution in [0.25, 0.3) is 5.69 Å². The maximum atomic E-state index is 12.4. The molecule has 3 heterocycles. The lowest BCUT2D eigenvalue weighted by molar-refractivity contribution is -0.155. The first-order valence-electron chi connectivity index (χ1n) is 12.3. The summed E-state index contributed by atoms with van der Waals surface area (Å²) in [4.78, 5) is 22.2. The number of fused-ring (bicyclic) bond motifs is 3. The standard InChI is InChI=1S/C26H29Cl2N5O4/c1-26(2,3)36-25(34)37-32-14-17-13-18(27)9-12-20(17)33-22(15-32)30-31-24(33)16-7-10-19(11-8-16)35-23-6-4-5-21(28)29-23/h4-6,9,12-13,16,19H,7-8,10-11,14-15H2,1-3H3/t16-,19-. The van der Waals surface area contributed by atoms with Gasteiger partial charge in [-0.3, -0.25) is 4.57 Å². The summed E-state index contributed by atoms with van der Waals surface area (Å²) < 4.78 is 13.5. The second kappa shape index (κ2) is 10.5. The number of carbonyl (C=O) groups is 1. The first kappa shape index (κ1) is 25.8. The Morgan fingerprint density at radius 3 is 2.54 bits per heavy atom. The van der Waals surface area contributed by atoms with Crippen molar-refractivity contribution in [3.63, 3.8) is 0 Å².